The van der Waals surface area contributed by atoms with Crippen molar-refractivity contribution >= 4 is 37.6 Å². The predicted octanol–water partition coefficient (Wildman–Crippen LogP) is 3.55. The average Bonchev–Trinajstić information content (AvgIpc) is 2.59. The molecular weight excluding hydrogens is 374 g/mol. The van der Waals surface area contributed by atoms with E-state index in [9.17, 15) is 12.6 Å². The second-order valence-electron chi connectivity index (χ2n) is 5.73. The SMILES string of the molecule is Cc1cccc(OOS(=O)c2ccc(NS(C)(=O)=O)c3ccccc23)c1. The molecule has 1 unspecified atom stereocenters. The molecule has 0 spiro atoms. The van der Waals surface area contributed by atoms with E-state index in [2.05, 4.69) is 4.72 Å². The topological polar surface area (TPSA) is 81.7 Å². The van der Waals surface area contributed by atoms with Gasteiger partial charge < -0.3 is 4.89 Å². The van der Waals surface area contributed by atoms with Crippen LogP contribution in [0.1, 0.15) is 5.56 Å². The lowest BCUT2D eigenvalue weighted by Gasteiger charge is -2.11. The molecule has 6 nitrogen and oxygen atoms in total. The summed E-state index contributed by atoms with van der Waals surface area (Å²) in [5.41, 5.74) is 1.39. The summed E-state index contributed by atoms with van der Waals surface area (Å²) in [5.74, 6) is 0.443. The summed E-state index contributed by atoms with van der Waals surface area (Å²) >= 11 is -1.90. The number of sulfonamides is 1. The van der Waals surface area contributed by atoms with E-state index in [0.29, 0.717) is 27.1 Å². The Labute approximate surface area is 154 Å². The van der Waals surface area contributed by atoms with Crippen molar-refractivity contribution in [1.29, 1.82) is 0 Å². The molecule has 0 heterocycles. The van der Waals surface area contributed by atoms with Crippen LogP contribution in [0.15, 0.2) is 65.6 Å². The molecule has 8 heteroatoms. The molecule has 1 atom stereocenters. The Bertz CT molecular complexity index is 1080. The molecule has 0 amide bonds. The molecule has 0 aliphatic rings. The van der Waals surface area contributed by atoms with E-state index >= 15 is 0 Å². The second-order valence-corrected chi connectivity index (χ2v) is 8.53. The highest BCUT2D eigenvalue weighted by Crippen LogP contribution is 2.29. The van der Waals surface area contributed by atoms with E-state index < -0.39 is 21.1 Å². The van der Waals surface area contributed by atoms with Crippen LogP contribution in [-0.2, 0) is 25.4 Å². The van der Waals surface area contributed by atoms with Gasteiger partial charge in [-0.25, -0.2) is 12.6 Å². The van der Waals surface area contributed by atoms with Crippen molar-refractivity contribution in [1.82, 2.24) is 0 Å². The highest BCUT2D eigenvalue weighted by atomic mass is 32.2. The van der Waals surface area contributed by atoms with Gasteiger partial charge in [-0.2, -0.15) is 0 Å². The Hall–Kier alpha value is -2.42. The summed E-state index contributed by atoms with van der Waals surface area (Å²) in [6, 6.07) is 17.3. The summed E-state index contributed by atoms with van der Waals surface area (Å²) in [5, 5.41) is 1.22. The molecule has 0 saturated carbocycles. The second kappa shape index (κ2) is 7.45. The van der Waals surface area contributed by atoms with Gasteiger partial charge in [-0.3, -0.25) is 4.72 Å². The van der Waals surface area contributed by atoms with Gasteiger partial charge in [0.05, 0.1) is 16.8 Å². The first kappa shape index (κ1) is 18.4. The van der Waals surface area contributed by atoms with Crippen molar-refractivity contribution in [2.24, 2.45) is 0 Å². The van der Waals surface area contributed by atoms with Crippen molar-refractivity contribution in [2.45, 2.75) is 11.8 Å². The van der Waals surface area contributed by atoms with Crippen molar-refractivity contribution in [3.8, 4) is 5.75 Å². The fourth-order valence-corrected chi connectivity index (χ4v) is 3.81. The van der Waals surface area contributed by atoms with Crippen LogP contribution in [0.25, 0.3) is 10.8 Å². The van der Waals surface area contributed by atoms with E-state index in [-0.39, 0.29) is 0 Å². The number of hydrogen-bond donors (Lipinski definition) is 1. The zero-order valence-electron chi connectivity index (χ0n) is 14.1. The van der Waals surface area contributed by atoms with Crippen molar-refractivity contribution in [2.75, 3.05) is 11.0 Å². The molecule has 0 saturated heterocycles. The summed E-state index contributed by atoms with van der Waals surface area (Å²) in [6.07, 6.45) is 1.08. The Balaban J connectivity index is 1.90. The molecule has 3 aromatic rings. The number of aryl methyl sites for hydroxylation is 1. The molecule has 3 rings (SSSR count). The normalized spacial score (nSPS) is 12.7. The Kier molecular flexibility index (Phi) is 5.26. The molecule has 26 heavy (non-hydrogen) atoms. The van der Waals surface area contributed by atoms with Gasteiger partial charge in [-0.05, 0) is 36.8 Å². The van der Waals surface area contributed by atoms with Crippen molar-refractivity contribution < 1.29 is 21.8 Å². The first-order chi connectivity index (χ1) is 12.3. The van der Waals surface area contributed by atoms with Crippen LogP contribution in [0.4, 0.5) is 5.69 Å². The maximum atomic E-state index is 12.5. The van der Waals surface area contributed by atoms with Crippen molar-refractivity contribution in [3.63, 3.8) is 0 Å². The van der Waals surface area contributed by atoms with Gasteiger partial charge in [0, 0.05) is 10.8 Å². The third-order valence-corrected chi connectivity index (χ3v) is 5.04. The predicted molar refractivity (Wildman–Crippen MR) is 102 cm³/mol. The molecule has 0 aliphatic carbocycles. The Morgan fingerprint density at radius 2 is 1.69 bits per heavy atom. The smallest absolute Gasteiger partial charge is 0.232 e. The number of anilines is 1. The largest absolute Gasteiger partial charge is 0.323 e. The molecule has 0 aliphatic heterocycles. The van der Waals surface area contributed by atoms with E-state index in [4.69, 9.17) is 9.22 Å². The fraction of sp³-hybridized carbons (Fsp3) is 0.111. The first-order valence-corrected chi connectivity index (χ1v) is 10.6. The Morgan fingerprint density at radius 3 is 2.38 bits per heavy atom. The minimum absolute atomic E-state index is 0.382. The molecule has 0 bridgehead atoms. The van der Waals surface area contributed by atoms with Gasteiger partial charge in [-0.15, -0.1) is 0 Å². The lowest BCUT2D eigenvalue weighted by atomic mass is 10.1. The van der Waals surface area contributed by atoms with E-state index in [1.165, 1.54) is 0 Å². The van der Waals surface area contributed by atoms with Gasteiger partial charge in [0.1, 0.15) is 0 Å². The summed E-state index contributed by atoms with van der Waals surface area (Å²) < 4.78 is 43.1. The van der Waals surface area contributed by atoms with E-state index in [0.717, 1.165) is 11.8 Å². The quantitative estimate of drug-likeness (QED) is 0.513. The van der Waals surface area contributed by atoms with Gasteiger partial charge in [0.25, 0.3) is 0 Å². The highest BCUT2D eigenvalue weighted by Gasteiger charge is 2.15. The van der Waals surface area contributed by atoms with Crippen LogP contribution in [0.2, 0.25) is 0 Å². The lowest BCUT2D eigenvalue weighted by Crippen LogP contribution is -2.10. The average molecular weight is 391 g/mol. The third-order valence-electron chi connectivity index (χ3n) is 3.54. The maximum absolute atomic E-state index is 12.5. The molecular formula is C18H17NO5S2. The van der Waals surface area contributed by atoms with Crippen molar-refractivity contribution in [3.05, 3.63) is 66.2 Å². The summed E-state index contributed by atoms with van der Waals surface area (Å²) in [4.78, 5) is 5.53. The third kappa shape index (κ3) is 4.40. The van der Waals surface area contributed by atoms with E-state index in [1.54, 1.807) is 54.6 Å². The molecule has 0 radical (unpaired) electrons. The minimum atomic E-state index is -3.43. The van der Waals surface area contributed by atoms with Gasteiger partial charge >= 0.3 is 0 Å². The van der Waals surface area contributed by atoms with Gasteiger partial charge in [0.2, 0.25) is 21.1 Å². The van der Waals surface area contributed by atoms with E-state index in [1.807, 2.05) is 13.0 Å². The minimum Gasteiger partial charge on any atom is -0.323 e. The summed E-state index contributed by atoms with van der Waals surface area (Å²) in [7, 11) is -3.43. The van der Waals surface area contributed by atoms with Gasteiger partial charge in [0.15, 0.2) is 5.75 Å². The van der Waals surface area contributed by atoms with Gasteiger partial charge in [-0.1, -0.05) is 40.7 Å². The summed E-state index contributed by atoms with van der Waals surface area (Å²) in [6.45, 7) is 1.91. The molecule has 1 N–H and O–H groups in total. The van der Waals surface area contributed by atoms with Crippen LogP contribution in [0.5, 0.6) is 5.75 Å². The zero-order valence-corrected chi connectivity index (χ0v) is 15.8. The maximum Gasteiger partial charge on any atom is 0.232 e. The van der Waals surface area contributed by atoms with Crippen LogP contribution < -0.4 is 9.61 Å². The van der Waals surface area contributed by atoms with Crippen LogP contribution in [0, 0.1) is 6.92 Å². The molecule has 0 fully saturated rings. The number of hydrogen-bond acceptors (Lipinski definition) is 5. The Morgan fingerprint density at radius 1 is 0.962 bits per heavy atom. The highest BCUT2D eigenvalue weighted by molar-refractivity contribution is 7.92. The van der Waals surface area contributed by atoms with Crippen LogP contribution in [0.3, 0.4) is 0 Å². The molecule has 0 aromatic heterocycles. The zero-order chi connectivity index (χ0) is 18.7. The lowest BCUT2D eigenvalue weighted by molar-refractivity contribution is -0.0856. The number of rotatable bonds is 6. The first-order valence-electron chi connectivity index (χ1n) is 7.66. The number of fused-ring (bicyclic) bond motifs is 1. The molecule has 136 valence electrons. The molecule has 3 aromatic carbocycles. The van der Waals surface area contributed by atoms with Crippen LogP contribution >= 0.6 is 0 Å². The standard InChI is InChI=1S/C18H17NO5S2/c1-13-6-5-7-14(12-13)23-24-25(20)18-11-10-17(19-26(2,21)22)15-8-3-4-9-16(15)18/h3-12,19H,1-2H3. The monoisotopic (exact) mass is 391 g/mol. The number of benzene rings is 3. The fourth-order valence-electron chi connectivity index (χ4n) is 2.48. The van der Waals surface area contributed by atoms with Crippen LogP contribution in [-0.4, -0.2) is 18.9 Å². The number of nitrogens with one attached hydrogen (secondary N) is 1.